The van der Waals surface area contributed by atoms with Crippen molar-refractivity contribution in [2.24, 2.45) is 0 Å². The first-order valence-corrected chi connectivity index (χ1v) is 8.65. The minimum atomic E-state index is -3.63. The fraction of sp³-hybridized carbons (Fsp3) is 0.643. The lowest BCUT2D eigenvalue weighted by atomic mass is 9.91. The SMILES string of the molecule is CCNc1cccnc1S(=O)(=O)NC(CC)(CC)CC. The van der Waals surface area contributed by atoms with Gasteiger partial charge in [-0.3, -0.25) is 0 Å². The Morgan fingerprint density at radius 3 is 2.25 bits per heavy atom. The van der Waals surface area contributed by atoms with Crippen LogP contribution in [0.4, 0.5) is 5.69 Å². The van der Waals surface area contributed by atoms with Crippen LogP contribution in [0, 0.1) is 0 Å². The van der Waals surface area contributed by atoms with Gasteiger partial charge in [-0.1, -0.05) is 20.8 Å². The van der Waals surface area contributed by atoms with Crippen LogP contribution in [0.5, 0.6) is 0 Å². The molecule has 0 aromatic carbocycles. The number of pyridine rings is 1. The molecule has 0 radical (unpaired) electrons. The van der Waals surface area contributed by atoms with Gasteiger partial charge in [0.15, 0.2) is 5.03 Å². The second-order valence-corrected chi connectivity index (χ2v) is 6.43. The Hall–Kier alpha value is -1.14. The van der Waals surface area contributed by atoms with Gasteiger partial charge in [-0.05, 0) is 38.3 Å². The fourth-order valence-corrected chi connectivity index (χ4v) is 3.96. The first kappa shape index (κ1) is 16.9. The van der Waals surface area contributed by atoms with Crippen LogP contribution in [0.1, 0.15) is 47.0 Å². The zero-order valence-electron chi connectivity index (χ0n) is 12.7. The van der Waals surface area contributed by atoms with Crippen molar-refractivity contribution in [3.63, 3.8) is 0 Å². The standard InChI is InChI=1S/C14H25N3O2S/c1-5-14(6-2,7-3)17-20(18,19)13-12(15-8-4)10-9-11-16-13/h9-11,15,17H,5-8H2,1-4H3. The molecule has 1 rings (SSSR count). The van der Waals surface area contributed by atoms with Gasteiger partial charge in [-0.25, -0.2) is 18.1 Å². The molecule has 0 bridgehead atoms. The zero-order valence-corrected chi connectivity index (χ0v) is 13.5. The molecule has 1 aromatic heterocycles. The van der Waals surface area contributed by atoms with E-state index >= 15 is 0 Å². The fourth-order valence-electron chi connectivity index (χ4n) is 2.23. The smallest absolute Gasteiger partial charge is 0.260 e. The lowest BCUT2D eigenvalue weighted by molar-refractivity contribution is 0.341. The zero-order chi connectivity index (χ0) is 15.2. The Morgan fingerprint density at radius 1 is 1.15 bits per heavy atom. The highest BCUT2D eigenvalue weighted by Crippen LogP contribution is 2.25. The van der Waals surface area contributed by atoms with E-state index < -0.39 is 15.6 Å². The van der Waals surface area contributed by atoms with E-state index in [-0.39, 0.29) is 5.03 Å². The maximum Gasteiger partial charge on any atom is 0.260 e. The van der Waals surface area contributed by atoms with Gasteiger partial charge >= 0.3 is 0 Å². The van der Waals surface area contributed by atoms with Gasteiger partial charge in [0.05, 0.1) is 5.69 Å². The van der Waals surface area contributed by atoms with Crippen LogP contribution in [-0.2, 0) is 10.0 Å². The van der Waals surface area contributed by atoms with Crippen molar-refractivity contribution < 1.29 is 8.42 Å². The Balaban J connectivity index is 3.17. The Bertz CT molecular complexity index is 517. The largest absolute Gasteiger partial charge is 0.383 e. The summed E-state index contributed by atoms with van der Waals surface area (Å²) in [6.45, 7) is 8.57. The normalized spacial score (nSPS) is 12.4. The average Bonchev–Trinajstić information content (AvgIpc) is 2.46. The van der Waals surface area contributed by atoms with Crippen LogP contribution in [0.15, 0.2) is 23.4 Å². The number of rotatable bonds is 8. The van der Waals surface area contributed by atoms with Crippen LogP contribution in [0.3, 0.4) is 0 Å². The van der Waals surface area contributed by atoms with Crippen LogP contribution < -0.4 is 10.0 Å². The molecule has 1 aromatic rings. The third-order valence-corrected chi connectivity index (χ3v) is 5.31. The molecule has 0 fully saturated rings. The molecule has 0 saturated heterocycles. The topological polar surface area (TPSA) is 71.1 Å². The van der Waals surface area contributed by atoms with Crippen molar-refractivity contribution >= 4 is 15.7 Å². The number of nitrogens with one attached hydrogen (secondary N) is 2. The number of hydrogen-bond acceptors (Lipinski definition) is 4. The van der Waals surface area contributed by atoms with Crippen LogP contribution in [0.25, 0.3) is 0 Å². The van der Waals surface area contributed by atoms with E-state index in [0.29, 0.717) is 12.2 Å². The molecule has 0 aliphatic carbocycles. The molecular weight excluding hydrogens is 274 g/mol. The summed E-state index contributed by atoms with van der Waals surface area (Å²) >= 11 is 0. The van der Waals surface area contributed by atoms with Crippen molar-refractivity contribution in [3.8, 4) is 0 Å². The van der Waals surface area contributed by atoms with Crippen LogP contribution >= 0.6 is 0 Å². The molecule has 0 amide bonds. The molecule has 0 unspecified atom stereocenters. The molecular formula is C14H25N3O2S. The molecule has 0 spiro atoms. The molecule has 2 N–H and O–H groups in total. The summed E-state index contributed by atoms with van der Waals surface area (Å²) in [5, 5.41) is 3.11. The maximum absolute atomic E-state index is 12.6. The average molecular weight is 299 g/mol. The van der Waals surface area contributed by atoms with Gasteiger partial charge in [0.25, 0.3) is 10.0 Å². The lowest BCUT2D eigenvalue weighted by Gasteiger charge is -2.31. The summed E-state index contributed by atoms with van der Waals surface area (Å²) < 4.78 is 28.1. The van der Waals surface area contributed by atoms with Gasteiger partial charge in [-0.2, -0.15) is 0 Å². The van der Waals surface area contributed by atoms with Gasteiger partial charge < -0.3 is 5.32 Å². The van der Waals surface area contributed by atoms with Crippen molar-refractivity contribution in [3.05, 3.63) is 18.3 Å². The first-order valence-electron chi connectivity index (χ1n) is 7.17. The van der Waals surface area contributed by atoms with Gasteiger partial charge in [-0.15, -0.1) is 0 Å². The third kappa shape index (κ3) is 3.70. The monoisotopic (exact) mass is 299 g/mol. The molecule has 0 saturated carbocycles. The van der Waals surface area contributed by atoms with Crippen LogP contribution in [-0.4, -0.2) is 25.5 Å². The highest BCUT2D eigenvalue weighted by molar-refractivity contribution is 7.89. The molecule has 0 aliphatic heterocycles. The van der Waals surface area contributed by atoms with Crippen molar-refractivity contribution in [1.29, 1.82) is 0 Å². The summed E-state index contributed by atoms with van der Waals surface area (Å²) in [6.07, 6.45) is 3.76. The van der Waals surface area contributed by atoms with Gasteiger partial charge in [0, 0.05) is 18.3 Å². The molecule has 114 valence electrons. The summed E-state index contributed by atoms with van der Waals surface area (Å²) in [5.74, 6) is 0. The lowest BCUT2D eigenvalue weighted by Crippen LogP contribution is -2.47. The minimum absolute atomic E-state index is 0.0709. The molecule has 20 heavy (non-hydrogen) atoms. The van der Waals surface area contributed by atoms with E-state index in [1.807, 2.05) is 27.7 Å². The quantitative estimate of drug-likeness (QED) is 0.774. The molecule has 0 atom stereocenters. The van der Waals surface area contributed by atoms with Crippen molar-refractivity contribution in [1.82, 2.24) is 9.71 Å². The highest BCUT2D eigenvalue weighted by atomic mass is 32.2. The summed E-state index contributed by atoms with van der Waals surface area (Å²) in [5.41, 5.74) is 0.138. The Labute approximate surface area is 122 Å². The van der Waals surface area contributed by atoms with E-state index in [1.165, 1.54) is 6.20 Å². The summed E-state index contributed by atoms with van der Waals surface area (Å²) in [7, 11) is -3.63. The minimum Gasteiger partial charge on any atom is -0.383 e. The molecule has 6 heteroatoms. The van der Waals surface area contributed by atoms with Crippen LogP contribution in [0.2, 0.25) is 0 Å². The number of anilines is 1. The number of hydrogen-bond donors (Lipinski definition) is 2. The van der Waals surface area contributed by atoms with E-state index in [9.17, 15) is 8.42 Å². The summed E-state index contributed by atoms with van der Waals surface area (Å²) in [6, 6.07) is 3.46. The summed E-state index contributed by atoms with van der Waals surface area (Å²) in [4.78, 5) is 4.04. The van der Waals surface area contributed by atoms with Gasteiger partial charge in [0.2, 0.25) is 0 Å². The van der Waals surface area contributed by atoms with E-state index in [4.69, 9.17) is 0 Å². The van der Waals surface area contributed by atoms with E-state index in [2.05, 4.69) is 15.0 Å². The second-order valence-electron chi connectivity index (χ2n) is 4.83. The van der Waals surface area contributed by atoms with E-state index in [0.717, 1.165) is 19.3 Å². The Kier molecular flexibility index (Phi) is 5.95. The molecule has 0 aliphatic rings. The second kappa shape index (κ2) is 7.04. The first-order chi connectivity index (χ1) is 9.44. The number of aromatic nitrogens is 1. The predicted octanol–water partition coefficient (Wildman–Crippen LogP) is 2.76. The third-order valence-electron chi connectivity index (χ3n) is 3.77. The highest BCUT2D eigenvalue weighted by Gasteiger charge is 2.32. The van der Waals surface area contributed by atoms with E-state index in [1.54, 1.807) is 12.1 Å². The predicted molar refractivity (Wildman–Crippen MR) is 82.3 cm³/mol. The molecule has 5 nitrogen and oxygen atoms in total. The maximum atomic E-state index is 12.6. The Morgan fingerprint density at radius 2 is 1.75 bits per heavy atom. The van der Waals surface area contributed by atoms with Crippen molar-refractivity contribution in [2.75, 3.05) is 11.9 Å². The van der Waals surface area contributed by atoms with Gasteiger partial charge in [0.1, 0.15) is 0 Å². The number of nitrogens with zero attached hydrogens (tertiary/aromatic N) is 1. The molecule has 1 heterocycles. The number of sulfonamides is 1. The van der Waals surface area contributed by atoms with Crippen molar-refractivity contribution in [2.45, 2.75) is 57.5 Å².